The number of carbonyl (C=O) groups is 9. The monoisotopic (exact) mass is 1100 g/mol. The van der Waals surface area contributed by atoms with Gasteiger partial charge in [-0.15, -0.1) is 11.8 Å². The van der Waals surface area contributed by atoms with Crippen molar-refractivity contribution in [2.24, 2.45) is 0 Å². The molecule has 2 saturated heterocycles. The van der Waals surface area contributed by atoms with Crippen molar-refractivity contribution < 1.29 is 66.8 Å². The summed E-state index contributed by atoms with van der Waals surface area (Å²) >= 11 is 1.13. The third-order valence-corrected chi connectivity index (χ3v) is 14.1. The lowest BCUT2D eigenvalue weighted by Crippen LogP contribution is -2.58. The molecule has 3 heterocycles. The van der Waals surface area contributed by atoms with Crippen LogP contribution in [0.4, 0.5) is 30.6 Å². The van der Waals surface area contributed by atoms with Crippen LogP contribution in [-0.4, -0.2) is 114 Å². The molecule has 0 bridgehead atoms. The van der Waals surface area contributed by atoms with Crippen LogP contribution in [0.1, 0.15) is 74.1 Å². The van der Waals surface area contributed by atoms with Gasteiger partial charge in [0, 0.05) is 29.4 Å². The smallest absolute Gasteiger partial charge is 0.412 e. The second-order valence-corrected chi connectivity index (χ2v) is 20.5. The molecular formula is C57H57N7O14S. The van der Waals surface area contributed by atoms with Gasteiger partial charge >= 0.3 is 42.2 Å². The van der Waals surface area contributed by atoms with Crippen LogP contribution in [0.3, 0.4) is 0 Å². The molecular weight excluding hydrogens is 1040 g/mol. The van der Waals surface area contributed by atoms with Crippen molar-refractivity contribution in [2.75, 3.05) is 44.0 Å². The first-order chi connectivity index (χ1) is 37.9. The fraction of sp³-hybridized carbons (Fsp3) is 0.281. The second kappa shape index (κ2) is 24.4. The number of methoxy groups -OCH3 is 1. The second-order valence-electron chi connectivity index (χ2n) is 19.3. The zero-order valence-corrected chi connectivity index (χ0v) is 44.5. The topological polar surface area (TPSA) is 266 Å². The number of ether oxygens (including phenoxy) is 5. The van der Waals surface area contributed by atoms with Crippen molar-refractivity contribution in [3.63, 3.8) is 0 Å². The van der Waals surface area contributed by atoms with E-state index in [-0.39, 0.29) is 47.1 Å². The minimum Gasteiger partial charge on any atom is -0.468 e. The van der Waals surface area contributed by atoms with Crippen molar-refractivity contribution in [1.29, 1.82) is 0 Å². The maximum Gasteiger partial charge on any atom is 0.412 e. The van der Waals surface area contributed by atoms with Crippen LogP contribution in [0.15, 0.2) is 151 Å². The van der Waals surface area contributed by atoms with E-state index in [4.69, 9.17) is 23.7 Å². The van der Waals surface area contributed by atoms with E-state index in [2.05, 4.69) is 26.6 Å². The van der Waals surface area contributed by atoms with Gasteiger partial charge in [0.05, 0.1) is 38.0 Å². The lowest BCUT2D eigenvalue weighted by Gasteiger charge is -2.47. The van der Waals surface area contributed by atoms with Crippen molar-refractivity contribution in [1.82, 2.24) is 25.8 Å². The molecule has 21 nitrogen and oxygen atoms in total. The van der Waals surface area contributed by atoms with Gasteiger partial charge in [-0.25, -0.2) is 28.9 Å². The Balaban J connectivity index is 0.943. The molecule has 4 atom stereocenters. The van der Waals surface area contributed by atoms with Gasteiger partial charge in [0.15, 0.2) is 11.5 Å². The highest BCUT2D eigenvalue weighted by atomic mass is 32.2. The molecule has 0 saturated carbocycles. The van der Waals surface area contributed by atoms with E-state index in [1.165, 1.54) is 18.9 Å². The number of para-hydroxylation sites is 2. The van der Waals surface area contributed by atoms with E-state index >= 15 is 0 Å². The van der Waals surface area contributed by atoms with Gasteiger partial charge < -0.3 is 39.6 Å². The molecule has 5 aromatic rings. The highest BCUT2D eigenvalue weighted by molar-refractivity contribution is 8.00. The third-order valence-electron chi connectivity index (χ3n) is 12.8. The number of benzene rings is 5. The van der Waals surface area contributed by atoms with Gasteiger partial charge in [0.2, 0.25) is 11.8 Å². The highest BCUT2D eigenvalue weighted by Gasteiger charge is 2.51. The molecule has 2 unspecified atom stereocenters. The number of hydrogen-bond donors (Lipinski definition) is 5. The molecule has 2 fully saturated rings. The van der Waals surface area contributed by atoms with E-state index in [1.54, 1.807) is 148 Å². The van der Waals surface area contributed by atoms with Crippen molar-refractivity contribution >= 4 is 77.1 Å². The fourth-order valence-electron chi connectivity index (χ4n) is 9.15. The minimum atomic E-state index is -1.83. The number of urea groups is 2. The summed E-state index contributed by atoms with van der Waals surface area (Å²) in [5.74, 6) is -3.53. The summed E-state index contributed by atoms with van der Waals surface area (Å²) in [5, 5.41) is 11.7. The van der Waals surface area contributed by atoms with Crippen molar-refractivity contribution in [2.45, 2.75) is 68.0 Å². The molecule has 79 heavy (non-hydrogen) atoms. The van der Waals surface area contributed by atoms with Crippen LogP contribution in [0.5, 0.6) is 0 Å². The van der Waals surface area contributed by atoms with E-state index in [0.717, 1.165) is 16.7 Å². The van der Waals surface area contributed by atoms with Crippen molar-refractivity contribution in [3.8, 4) is 0 Å². The van der Waals surface area contributed by atoms with Crippen LogP contribution in [-0.2, 0) is 53.1 Å². The van der Waals surface area contributed by atoms with Gasteiger partial charge in [0.1, 0.15) is 29.9 Å². The number of imide groups is 1. The number of fused-ring (bicyclic) bond motifs is 1. The lowest BCUT2D eigenvalue weighted by atomic mass is 9.74. The third kappa shape index (κ3) is 13.0. The highest BCUT2D eigenvalue weighted by Crippen LogP contribution is 2.45. The molecule has 5 N–H and O–H groups in total. The summed E-state index contributed by atoms with van der Waals surface area (Å²) < 4.78 is 28.2. The molecule has 0 aliphatic carbocycles. The minimum absolute atomic E-state index is 0.0350. The van der Waals surface area contributed by atoms with E-state index in [0.29, 0.717) is 22.3 Å². The molecule has 0 spiro atoms. The van der Waals surface area contributed by atoms with E-state index < -0.39 is 102 Å². The largest absolute Gasteiger partial charge is 0.468 e. The van der Waals surface area contributed by atoms with Crippen LogP contribution in [0, 0.1) is 0 Å². The van der Waals surface area contributed by atoms with Crippen molar-refractivity contribution in [3.05, 3.63) is 179 Å². The standard InChI is InChI=1S/C57H57N7O14S/c1-34(65)75-32-39-47(50(68)77-48(35-19-9-6-10-20-35)36-21-11-7-12-22-36)64-45(67)29-46(64)79-49(39)62-44(66)30-58-52(70)63-31-43(59-53(63)71)38-25-15-17-27-41(38)60-54(72)76-33-57(51(69)74-5,37-23-13-8-14-24-37)40-26-16-18-28-42(40)61-55(73)78-56(2,3)4/h6-28,43,46,48-49H,29-33H2,1-5H3,(H,58,70)(H,59,71)(H,60,72)(H,61,73)(H,62,66)/t43?,46-,49+,57?/m0/s1. The van der Waals surface area contributed by atoms with Gasteiger partial charge in [0.25, 0.3) is 0 Å². The number of hydrogen-bond acceptors (Lipinski definition) is 15. The zero-order chi connectivity index (χ0) is 56.4. The van der Waals surface area contributed by atoms with E-state index in [9.17, 15) is 43.2 Å². The Bertz CT molecular complexity index is 3140. The molecule has 22 heteroatoms. The fourth-order valence-corrected chi connectivity index (χ4v) is 10.6. The molecule has 0 aromatic heterocycles. The van der Waals surface area contributed by atoms with Crippen LogP contribution in [0.25, 0.3) is 0 Å². The summed E-state index contributed by atoms with van der Waals surface area (Å²) in [7, 11) is 1.19. The number of nitrogens with one attached hydrogen (secondary N) is 5. The number of rotatable bonds is 17. The summed E-state index contributed by atoms with van der Waals surface area (Å²) in [4.78, 5) is 123. The molecule has 0 radical (unpaired) electrons. The average molecular weight is 1100 g/mol. The molecule has 8 amide bonds. The average Bonchev–Trinajstić information content (AvgIpc) is 4.02. The van der Waals surface area contributed by atoms with Gasteiger partial charge in [-0.3, -0.25) is 34.7 Å². The predicted octanol–water partition coefficient (Wildman–Crippen LogP) is 7.41. The first-order valence-corrected chi connectivity index (χ1v) is 25.9. The molecule has 410 valence electrons. The maximum absolute atomic E-state index is 14.3. The molecule has 3 aliphatic rings. The van der Waals surface area contributed by atoms with Gasteiger partial charge in [-0.2, -0.15) is 0 Å². The maximum atomic E-state index is 14.3. The Labute approximate surface area is 458 Å². The van der Waals surface area contributed by atoms with Crippen LogP contribution >= 0.6 is 11.8 Å². The number of carbonyl (C=O) groups excluding carboxylic acids is 9. The van der Waals surface area contributed by atoms with Crippen LogP contribution < -0.4 is 26.6 Å². The number of β-lactam (4-membered cyclic amide) rings is 1. The normalized spacial score (nSPS) is 17.4. The lowest BCUT2D eigenvalue weighted by molar-refractivity contribution is -0.152. The SMILES string of the molecule is COC(=O)C(COC(=O)Nc1ccccc1C1CN(C(=O)NCC(=O)N[C@@H]2S[C@H]3CC(=O)N3C(C(=O)OC(c3ccccc3)c3ccccc3)=C2COC(C)=O)C(=O)N1)(c1ccccc1)c1ccccc1NC(=O)OC(C)(C)C. The quantitative estimate of drug-likeness (QED) is 0.0345. The number of thioether (sulfide) groups is 1. The first kappa shape index (κ1) is 56.0. The summed E-state index contributed by atoms with van der Waals surface area (Å²) in [6.07, 6.45) is -2.66. The van der Waals surface area contributed by atoms with Gasteiger partial charge in [-0.1, -0.05) is 127 Å². The molecule has 8 rings (SSSR count). The van der Waals surface area contributed by atoms with Crippen LogP contribution in [0.2, 0.25) is 0 Å². The Hall–Kier alpha value is -9.18. The summed E-state index contributed by atoms with van der Waals surface area (Å²) in [6, 6.07) is 36.7. The number of esters is 3. The van der Waals surface area contributed by atoms with Gasteiger partial charge in [-0.05, 0) is 55.2 Å². The number of anilines is 2. The number of amides is 8. The first-order valence-electron chi connectivity index (χ1n) is 24.9. The Kier molecular flexibility index (Phi) is 17.3. The summed E-state index contributed by atoms with van der Waals surface area (Å²) in [6.45, 7) is 4.26. The molecule has 5 aromatic carbocycles. The summed E-state index contributed by atoms with van der Waals surface area (Å²) in [5.41, 5.74) is -0.144. The Morgan fingerprint density at radius 1 is 0.747 bits per heavy atom. The Morgan fingerprint density at radius 3 is 1.96 bits per heavy atom. The molecule has 3 aliphatic heterocycles. The van der Waals surface area contributed by atoms with E-state index in [1.807, 2.05) is 12.1 Å². The zero-order valence-electron chi connectivity index (χ0n) is 43.6. The number of nitrogens with zero attached hydrogens (tertiary/aromatic N) is 2. The predicted molar refractivity (Wildman–Crippen MR) is 288 cm³/mol. The Morgan fingerprint density at radius 2 is 1.34 bits per heavy atom.